The first-order valence-corrected chi connectivity index (χ1v) is 9.32. The number of carbonyl (C=O) groups is 1. The van der Waals surface area contributed by atoms with Gasteiger partial charge in [0.05, 0.1) is 23.9 Å². The summed E-state index contributed by atoms with van der Waals surface area (Å²) in [5.74, 6) is -0.355. The van der Waals surface area contributed by atoms with Crippen LogP contribution in [0.1, 0.15) is 22.8 Å². The van der Waals surface area contributed by atoms with E-state index in [1.54, 1.807) is 49.4 Å². The van der Waals surface area contributed by atoms with Gasteiger partial charge in [-0.3, -0.25) is 9.10 Å². The first-order chi connectivity index (χ1) is 11.9. The third kappa shape index (κ3) is 4.58. The zero-order chi connectivity index (χ0) is 18.4. The summed E-state index contributed by atoms with van der Waals surface area (Å²) in [7, 11) is -1.93. The van der Waals surface area contributed by atoms with E-state index in [9.17, 15) is 13.2 Å². The minimum atomic E-state index is -3.39. The fraction of sp³-hybridized carbons (Fsp3) is 0.222. The minimum absolute atomic E-state index is 0.0189. The number of benzene rings is 2. The van der Waals surface area contributed by atoms with Crippen LogP contribution in [0.2, 0.25) is 0 Å². The Morgan fingerprint density at radius 2 is 1.88 bits per heavy atom. The largest absolute Gasteiger partial charge is 0.322 e. The molecule has 7 heteroatoms. The molecule has 2 rings (SSSR count). The van der Waals surface area contributed by atoms with Crippen LogP contribution >= 0.6 is 0 Å². The van der Waals surface area contributed by atoms with Gasteiger partial charge in [-0.05, 0) is 42.8 Å². The average molecular weight is 357 g/mol. The SMILES string of the molecule is CCS(=O)(=O)N(C)c1cccc(C(=O)Nc2ccc(CC#N)cc2)c1. The number of hydrogen-bond donors (Lipinski definition) is 1. The summed E-state index contributed by atoms with van der Waals surface area (Å²) in [6.07, 6.45) is 0.314. The summed E-state index contributed by atoms with van der Waals surface area (Å²) in [4.78, 5) is 12.4. The van der Waals surface area contributed by atoms with Gasteiger partial charge in [0.15, 0.2) is 0 Å². The van der Waals surface area contributed by atoms with E-state index >= 15 is 0 Å². The Balaban J connectivity index is 2.17. The molecular weight excluding hydrogens is 338 g/mol. The number of nitrogens with one attached hydrogen (secondary N) is 1. The molecule has 0 aliphatic carbocycles. The summed E-state index contributed by atoms with van der Waals surface area (Å²) in [5.41, 5.74) is 2.26. The molecule has 2 aromatic carbocycles. The number of rotatable bonds is 6. The van der Waals surface area contributed by atoms with Crippen molar-refractivity contribution in [3.8, 4) is 6.07 Å². The van der Waals surface area contributed by atoms with Crippen LogP contribution in [0, 0.1) is 11.3 Å². The third-order valence-corrected chi connectivity index (χ3v) is 5.52. The van der Waals surface area contributed by atoms with Crippen LogP contribution < -0.4 is 9.62 Å². The van der Waals surface area contributed by atoms with Crippen molar-refractivity contribution in [2.45, 2.75) is 13.3 Å². The molecule has 0 radical (unpaired) electrons. The fourth-order valence-corrected chi connectivity index (χ4v) is 3.02. The summed E-state index contributed by atoms with van der Waals surface area (Å²) < 4.78 is 25.1. The summed E-state index contributed by atoms with van der Waals surface area (Å²) in [5, 5.41) is 11.4. The van der Waals surface area contributed by atoms with Crippen LogP contribution in [0.15, 0.2) is 48.5 Å². The zero-order valence-electron chi connectivity index (χ0n) is 14.1. The number of nitriles is 1. The number of carbonyl (C=O) groups excluding carboxylic acids is 1. The van der Waals surface area contributed by atoms with Crippen LogP contribution in [0.4, 0.5) is 11.4 Å². The maximum atomic E-state index is 12.4. The first kappa shape index (κ1) is 18.5. The fourth-order valence-electron chi connectivity index (χ4n) is 2.20. The molecule has 0 saturated carbocycles. The van der Waals surface area contributed by atoms with Crippen molar-refractivity contribution in [2.75, 3.05) is 22.4 Å². The summed E-state index contributed by atoms with van der Waals surface area (Å²) >= 11 is 0. The molecule has 6 nitrogen and oxygen atoms in total. The van der Waals surface area contributed by atoms with Gasteiger partial charge >= 0.3 is 0 Å². The molecule has 0 spiro atoms. The summed E-state index contributed by atoms with van der Waals surface area (Å²) in [6.45, 7) is 1.57. The lowest BCUT2D eigenvalue weighted by Crippen LogP contribution is -2.28. The summed E-state index contributed by atoms with van der Waals surface area (Å²) in [6, 6.07) is 15.5. The maximum absolute atomic E-state index is 12.4. The van der Waals surface area contributed by atoms with Gasteiger partial charge in [0, 0.05) is 18.3 Å². The van der Waals surface area contributed by atoms with Crippen LogP contribution in [0.5, 0.6) is 0 Å². The number of nitrogens with zero attached hydrogens (tertiary/aromatic N) is 2. The van der Waals surface area contributed by atoms with Crippen LogP contribution in [0.3, 0.4) is 0 Å². The van der Waals surface area contributed by atoms with E-state index in [1.807, 2.05) is 0 Å². The van der Waals surface area contributed by atoms with Gasteiger partial charge < -0.3 is 5.32 Å². The lowest BCUT2D eigenvalue weighted by molar-refractivity contribution is 0.102. The second-order valence-electron chi connectivity index (χ2n) is 5.40. The highest BCUT2D eigenvalue weighted by atomic mass is 32.2. The van der Waals surface area contributed by atoms with E-state index in [2.05, 4.69) is 11.4 Å². The Kier molecular flexibility index (Phi) is 5.78. The second kappa shape index (κ2) is 7.81. The molecule has 25 heavy (non-hydrogen) atoms. The van der Waals surface area contributed by atoms with Gasteiger partial charge in [-0.1, -0.05) is 18.2 Å². The smallest absolute Gasteiger partial charge is 0.255 e. The molecule has 2 aromatic rings. The van der Waals surface area contributed by atoms with Gasteiger partial charge in [0.1, 0.15) is 0 Å². The Morgan fingerprint density at radius 1 is 1.20 bits per heavy atom. The van der Waals surface area contributed by atoms with E-state index in [-0.39, 0.29) is 11.7 Å². The number of hydrogen-bond acceptors (Lipinski definition) is 4. The van der Waals surface area contributed by atoms with Crippen molar-refractivity contribution in [3.05, 3.63) is 59.7 Å². The quantitative estimate of drug-likeness (QED) is 0.861. The molecule has 1 amide bonds. The monoisotopic (exact) mass is 357 g/mol. The normalized spacial score (nSPS) is 10.8. The molecular formula is C18H19N3O3S. The van der Waals surface area contributed by atoms with Crippen molar-refractivity contribution in [2.24, 2.45) is 0 Å². The van der Waals surface area contributed by atoms with Gasteiger partial charge in [-0.15, -0.1) is 0 Å². The molecule has 0 bridgehead atoms. The average Bonchev–Trinajstić information content (AvgIpc) is 2.63. The van der Waals surface area contributed by atoms with Crippen LogP contribution in [-0.2, 0) is 16.4 Å². The Labute approximate surface area is 147 Å². The van der Waals surface area contributed by atoms with Gasteiger partial charge in [0.2, 0.25) is 10.0 Å². The molecule has 0 saturated heterocycles. The topological polar surface area (TPSA) is 90.3 Å². The predicted molar refractivity (Wildman–Crippen MR) is 98.0 cm³/mol. The predicted octanol–water partition coefficient (Wildman–Crippen LogP) is 2.79. The number of sulfonamides is 1. The molecule has 0 aromatic heterocycles. The van der Waals surface area contributed by atoms with Crippen molar-refractivity contribution >= 4 is 27.3 Å². The molecule has 0 heterocycles. The van der Waals surface area contributed by atoms with Gasteiger partial charge in [-0.2, -0.15) is 5.26 Å². The highest BCUT2D eigenvalue weighted by molar-refractivity contribution is 7.92. The standard InChI is InChI=1S/C18H19N3O3S/c1-3-25(23,24)21(2)17-6-4-5-15(13-17)18(22)20-16-9-7-14(8-10-16)11-12-19/h4-10,13H,3,11H2,1-2H3,(H,20,22). The van der Waals surface area contributed by atoms with Crippen LogP contribution in [-0.4, -0.2) is 27.1 Å². The van der Waals surface area contributed by atoms with Gasteiger partial charge in [0.25, 0.3) is 5.91 Å². The zero-order valence-corrected chi connectivity index (χ0v) is 14.9. The lowest BCUT2D eigenvalue weighted by atomic mass is 10.1. The number of amides is 1. The van der Waals surface area contributed by atoms with Crippen molar-refractivity contribution in [1.82, 2.24) is 0 Å². The molecule has 0 atom stereocenters. The molecule has 0 aliphatic rings. The first-order valence-electron chi connectivity index (χ1n) is 7.71. The van der Waals surface area contributed by atoms with E-state index in [0.717, 1.165) is 5.56 Å². The maximum Gasteiger partial charge on any atom is 0.255 e. The molecule has 1 N–H and O–H groups in total. The highest BCUT2D eigenvalue weighted by Gasteiger charge is 2.17. The van der Waals surface area contributed by atoms with Crippen molar-refractivity contribution in [1.29, 1.82) is 5.26 Å². The molecule has 130 valence electrons. The Morgan fingerprint density at radius 3 is 2.48 bits per heavy atom. The minimum Gasteiger partial charge on any atom is -0.322 e. The van der Waals surface area contributed by atoms with Crippen molar-refractivity contribution in [3.63, 3.8) is 0 Å². The van der Waals surface area contributed by atoms with E-state index in [4.69, 9.17) is 5.26 Å². The highest BCUT2D eigenvalue weighted by Crippen LogP contribution is 2.19. The lowest BCUT2D eigenvalue weighted by Gasteiger charge is -2.19. The number of anilines is 2. The van der Waals surface area contributed by atoms with Crippen LogP contribution in [0.25, 0.3) is 0 Å². The van der Waals surface area contributed by atoms with Crippen molar-refractivity contribution < 1.29 is 13.2 Å². The third-order valence-electron chi connectivity index (χ3n) is 3.75. The van der Waals surface area contributed by atoms with E-state index in [1.165, 1.54) is 17.4 Å². The van der Waals surface area contributed by atoms with Gasteiger partial charge in [-0.25, -0.2) is 8.42 Å². The Hall–Kier alpha value is -2.85. The van der Waals surface area contributed by atoms with E-state index < -0.39 is 10.0 Å². The second-order valence-corrected chi connectivity index (χ2v) is 7.69. The molecule has 0 aliphatic heterocycles. The molecule has 0 fully saturated rings. The van der Waals surface area contributed by atoms with E-state index in [0.29, 0.717) is 23.4 Å². The molecule has 0 unspecified atom stereocenters. The Bertz CT molecular complexity index is 900.